The summed E-state index contributed by atoms with van der Waals surface area (Å²) in [5.41, 5.74) is 0.771. The largest absolute Gasteiger partial charge is 0.489 e. The van der Waals surface area contributed by atoms with Gasteiger partial charge in [0.15, 0.2) is 5.78 Å². The maximum atomic E-state index is 12.7. The van der Waals surface area contributed by atoms with Crippen LogP contribution in [-0.4, -0.2) is 25.0 Å². The minimum absolute atomic E-state index is 0.0268. The van der Waals surface area contributed by atoms with Crippen molar-refractivity contribution in [2.75, 3.05) is 13.1 Å². The molecule has 1 fully saturated rings. The lowest BCUT2D eigenvalue weighted by atomic mass is 9.86. The molecule has 0 aromatic heterocycles. The number of hydrogen-bond donors (Lipinski definition) is 1. The summed E-state index contributed by atoms with van der Waals surface area (Å²) < 4.78 is 6.19. The molecule has 1 N–H and O–H groups in total. The summed E-state index contributed by atoms with van der Waals surface area (Å²) in [7, 11) is 0. The number of carbonyl (C=O) groups is 1. The molecule has 21 heavy (non-hydrogen) atoms. The SMILES string of the molecule is O=C1C[C@H]([C@H]2CCCNC2)Oc2ccc3ccccc3c21. The molecule has 2 aliphatic rings. The highest BCUT2D eigenvalue weighted by Gasteiger charge is 2.33. The lowest BCUT2D eigenvalue weighted by Crippen LogP contribution is -2.42. The number of ketones is 1. The van der Waals surface area contributed by atoms with Crippen molar-refractivity contribution < 1.29 is 9.53 Å². The molecule has 1 saturated heterocycles. The Morgan fingerprint density at radius 2 is 2.05 bits per heavy atom. The topological polar surface area (TPSA) is 38.3 Å². The van der Waals surface area contributed by atoms with Gasteiger partial charge in [-0.05, 0) is 36.2 Å². The lowest BCUT2D eigenvalue weighted by Gasteiger charge is -2.34. The van der Waals surface area contributed by atoms with Crippen LogP contribution in [-0.2, 0) is 0 Å². The molecule has 0 unspecified atom stereocenters. The van der Waals surface area contributed by atoms with Gasteiger partial charge in [0.05, 0.1) is 5.56 Å². The fourth-order valence-electron chi connectivity index (χ4n) is 3.59. The van der Waals surface area contributed by atoms with Crippen LogP contribution in [0.4, 0.5) is 0 Å². The van der Waals surface area contributed by atoms with Gasteiger partial charge < -0.3 is 10.1 Å². The molecule has 0 bridgehead atoms. The van der Waals surface area contributed by atoms with Crippen LogP contribution in [0.15, 0.2) is 36.4 Å². The average Bonchev–Trinajstić information content (AvgIpc) is 2.55. The molecule has 108 valence electrons. The van der Waals surface area contributed by atoms with Crippen molar-refractivity contribution in [3.63, 3.8) is 0 Å². The summed E-state index contributed by atoms with van der Waals surface area (Å²) >= 11 is 0. The van der Waals surface area contributed by atoms with E-state index in [4.69, 9.17) is 4.74 Å². The molecule has 0 saturated carbocycles. The summed E-state index contributed by atoms with van der Waals surface area (Å²) in [6, 6.07) is 12.0. The van der Waals surface area contributed by atoms with Gasteiger partial charge in [-0.2, -0.15) is 0 Å². The Hall–Kier alpha value is -1.87. The third kappa shape index (κ3) is 2.22. The number of ether oxygens (including phenoxy) is 1. The molecular weight excluding hydrogens is 262 g/mol. The molecule has 2 aliphatic heterocycles. The maximum absolute atomic E-state index is 12.7. The molecular formula is C18H19NO2. The Morgan fingerprint density at radius 1 is 1.14 bits per heavy atom. The molecule has 2 atom stereocenters. The molecule has 0 aliphatic carbocycles. The first-order valence-electron chi connectivity index (χ1n) is 7.75. The van der Waals surface area contributed by atoms with Crippen molar-refractivity contribution in [2.45, 2.75) is 25.4 Å². The van der Waals surface area contributed by atoms with E-state index in [-0.39, 0.29) is 11.9 Å². The van der Waals surface area contributed by atoms with Gasteiger partial charge in [-0.3, -0.25) is 4.79 Å². The number of Topliss-reactive ketones (excluding diaryl/α,β-unsaturated/α-hetero) is 1. The number of piperidine rings is 1. The minimum atomic E-state index is 0.0268. The van der Waals surface area contributed by atoms with Crippen LogP contribution in [0.5, 0.6) is 5.75 Å². The van der Waals surface area contributed by atoms with Gasteiger partial charge in [0.25, 0.3) is 0 Å². The number of benzene rings is 2. The first-order chi connectivity index (χ1) is 10.3. The van der Waals surface area contributed by atoms with Gasteiger partial charge in [-0.25, -0.2) is 0 Å². The predicted octanol–water partition coefficient (Wildman–Crippen LogP) is 3.17. The Kier molecular flexibility index (Phi) is 3.15. The second-order valence-electron chi connectivity index (χ2n) is 6.05. The Labute approximate surface area is 124 Å². The van der Waals surface area contributed by atoms with Crippen LogP contribution < -0.4 is 10.1 Å². The second kappa shape index (κ2) is 5.15. The summed E-state index contributed by atoms with van der Waals surface area (Å²) in [5.74, 6) is 1.44. The number of rotatable bonds is 1. The van der Waals surface area contributed by atoms with Crippen molar-refractivity contribution in [1.29, 1.82) is 0 Å². The van der Waals surface area contributed by atoms with E-state index in [1.165, 1.54) is 6.42 Å². The summed E-state index contributed by atoms with van der Waals surface area (Å²) in [5, 5.41) is 5.53. The van der Waals surface area contributed by atoms with Gasteiger partial charge in [-0.15, -0.1) is 0 Å². The summed E-state index contributed by atoms with van der Waals surface area (Å²) in [6.45, 7) is 2.04. The lowest BCUT2D eigenvalue weighted by molar-refractivity contribution is 0.0687. The molecule has 2 heterocycles. The highest BCUT2D eigenvalue weighted by Crippen LogP contribution is 2.36. The maximum Gasteiger partial charge on any atom is 0.170 e. The van der Waals surface area contributed by atoms with Gasteiger partial charge in [0.2, 0.25) is 0 Å². The zero-order valence-electron chi connectivity index (χ0n) is 12.0. The van der Waals surface area contributed by atoms with Crippen LogP contribution in [0.1, 0.15) is 29.6 Å². The van der Waals surface area contributed by atoms with E-state index in [2.05, 4.69) is 5.32 Å². The van der Waals surface area contributed by atoms with Crippen LogP contribution in [0.25, 0.3) is 10.8 Å². The smallest absolute Gasteiger partial charge is 0.170 e. The number of hydrogen-bond acceptors (Lipinski definition) is 3. The molecule has 0 radical (unpaired) electrons. The first kappa shape index (κ1) is 12.8. The predicted molar refractivity (Wildman–Crippen MR) is 82.9 cm³/mol. The fraction of sp³-hybridized carbons (Fsp3) is 0.389. The third-order valence-corrected chi connectivity index (χ3v) is 4.70. The first-order valence-corrected chi connectivity index (χ1v) is 7.75. The van der Waals surface area contributed by atoms with Gasteiger partial charge >= 0.3 is 0 Å². The van der Waals surface area contributed by atoms with E-state index in [0.717, 1.165) is 41.6 Å². The number of carbonyl (C=O) groups excluding carboxylic acids is 1. The van der Waals surface area contributed by atoms with Gasteiger partial charge in [0.1, 0.15) is 11.9 Å². The van der Waals surface area contributed by atoms with Crippen LogP contribution in [0.3, 0.4) is 0 Å². The monoisotopic (exact) mass is 281 g/mol. The van der Waals surface area contributed by atoms with Gasteiger partial charge in [-0.1, -0.05) is 30.3 Å². The molecule has 2 aromatic carbocycles. The van der Waals surface area contributed by atoms with Crippen molar-refractivity contribution in [2.24, 2.45) is 5.92 Å². The Bertz CT molecular complexity index is 689. The van der Waals surface area contributed by atoms with E-state index in [1.54, 1.807) is 0 Å². The quantitative estimate of drug-likeness (QED) is 0.872. The van der Waals surface area contributed by atoms with Crippen LogP contribution in [0, 0.1) is 5.92 Å². The minimum Gasteiger partial charge on any atom is -0.489 e. The van der Waals surface area contributed by atoms with E-state index < -0.39 is 0 Å². The van der Waals surface area contributed by atoms with Crippen LogP contribution >= 0.6 is 0 Å². The molecule has 3 heteroatoms. The van der Waals surface area contributed by atoms with Crippen molar-refractivity contribution >= 4 is 16.6 Å². The van der Waals surface area contributed by atoms with E-state index in [9.17, 15) is 4.79 Å². The second-order valence-corrected chi connectivity index (χ2v) is 6.05. The van der Waals surface area contributed by atoms with Crippen LogP contribution in [0.2, 0.25) is 0 Å². The zero-order valence-corrected chi connectivity index (χ0v) is 12.0. The van der Waals surface area contributed by atoms with Crippen molar-refractivity contribution in [3.8, 4) is 5.75 Å². The number of nitrogens with one attached hydrogen (secondary N) is 1. The van der Waals surface area contributed by atoms with Crippen molar-refractivity contribution in [1.82, 2.24) is 5.32 Å². The molecule has 0 amide bonds. The zero-order chi connectivity index (χ0) is 14.2. The standard InChI is InChI=1S/C18H19NO2/c20-15-10-17(13-5-3-9-19-11-13)21-16-8-7-12-4-1-2-6-14(12)18(15)16/h1-2,4,6-8,13,17,19H,3,5,9-11H2/t13-,17+/m0/s1. The Morgan fingerprint density at radius 3 is 2.90 bits per heavy atom. The van der Waals surface area contributed by atoms with Crippen molar-refractivity contribution in [3.05, 3.63) is 42.0 Å². The molecule has 3 nitrogen and oxygen atoms in total. The highest BCUT2D eigenvalue weighted by atomic mass is 16.5. The van der Waals surface area contributed by atoms with E-state index >= 15 is 0 Å². The normalized spacial score (nSPS) is 25.4. The average molecular weight is 281 g/mol. The molecule has 4 rings (SSSR count). The summed E-state index contributed by atoms with van der Waals surface area (Å²) in [4.78, 5) is 12.7. The van der Waals surface area contributed by atoms with E-state index in [1.807, 2.05) is 36.4 Å². The molecule has 2 aromatic rings. The fourth-order valence-corrected chi connectivity index (χ4v) is 3.59. The molecule has 0 spiro atoms. The van der Waals surface area contributed by atoms with Gasteiger partial charge in [0, 0.05) is 18.9 Å². The third-order valence-electron chi connectivity index (χ3n) is 4.70. The van der Waals surface area contributed by atoms with E-state index in [0.29, 0.717) is 12.3 Å². The number of fused-ring (bicyclic) bond motifs is 3. The summed E-state index contributed by atoms with van der Waals surface area (Å²) in [6.07, 6.45) is 2.85. The highest BCUT2D eigenvalue weighted by molar-refractivity contribution is 6.11. The Balaban J connectivity index is 1.72.